The first kappa shape index (κ1) is 17.6. The molecule has 1 atom stereocenters. The van der Waals surface area contributed by atoms with Crippen LogP contribution >= 0.6 is 0 Å². The summed E-state index contributed by atoms with van der Waals surface area (Å²) in [6.07, 6.45) is 7.21. The number of fused-ring (bicyclic) bond motifs is 2. The molecule has 1 aliphatic rings. The summed E-state index contributed by atoms with van der Waals surface area (Å²) in [4.78, 5) is 19.6. The summed E-state index contributed by atoms with van der Waals surface area (Å²) in [5.41, 5.74) is 5.21. The largest absolute Gasteiger partial charge is 0.496 e. The molecule has 0 fully saturated rings. The quantitative estimate of drug-likeness (QED) is 0.645. The third-order valence-corrected chi connectivity index (χ3v) is 5.48. The molecule has 1 aromatic heterocycles. The number of methoxy groups -OCH3 is 1. The lowest BCUT2D eigenvalue weighted by Gasteiger charge is -2.27. The number of nitrogens with one attached hydrogen (secondary N) is 2. The molecule has 27 heavy (non-hydrogen) atoms. The Bertz CT molecular complexity index is 933. The average molecular weight is 363 g/mol. The van der Waals surface area contributed by atoms with Gasteiger partial charge in [0.05, 0.1) is 24.5 Å². The fraction of sp³-hybridized carbons (Fsp3) is 0.364. The van der Waals surface area contributed by atoms with Crippen LogP contribution in [-0.2, 0) is 6.42 Å². The zero-order valence-electron chi connectivity index (χ0n) is 15.6. The number of imidazole rings is 1. The summed E-state index contributed by atoms with van der Waals surface area (Å²) >= 11 is 0. The average Bonchev–Trinajstić information content (AvgIpc) is 3.18. The normalized spacial score (nSPS) is 16.1. The molecule has 0 unspecified atom stereocenters. The van der Waals surface area contributed by atoms with Gasteiger partial charge in [0.15, 0.2) is 0 Å². The number of H-pyrrole nitrogens is 1. The van der Waals surface area contributed by atoms with Gasteiger partial charge in [-0.15, -0.1) is 0 Å². The van der Waals surface area contributed by atoms with E-state index in [1.54, 1.807) is 13.4 Å². The van der Waals surface area contributed by atoms with Gasteiger partial charge in [0.25, 0.3) is 5.91 Å². The Hall–Kier alpha value is -2.82. The Kier molecular flexibility index (Phi) is 5.10. The van der Waals surface area contributed by atoms with Crippen LogP contribution in [0.25, 0.3) is 11.0 Å². The standard InChI is InChI=1S/C22H25N3O2/c1-27-20-9-3-7-15-5-2-6-16(21(15)20)8-4-12-23-22(26)17-10-11-18-19(13-17)25-14-24-18/h3,7,9-11,13-14,16H,2,4-6,8,12H2,1H3,(H,23,26)(H,24,25)/t16-/m1/s1. The second-order valence-electron chi connectivity index (χ2n) is 7.15. The number of carbonyl (C=O) groups is 1. The van der Waals surface area contributed by atoms with Gasteiger partial charge in [0.1, 0.15) is 5.75 Å². The number of rotatable bonds is 6. The molecule has 4 rings (SSSR count). The van der Waals surface area contributed by atoms with E-state index in [4.69, 9.17) is 4.74 Å². The minimum atomic E-state index is -0.0341. The topological polar surface area (TPSA) is 67.0 Å². The van der Waals surface area contributed by atoms with Crippen molar-refractivity contribution in [1.29, 1.82) is 0 Å². The molecule has 5 heteroatoms. The van der Waals surface area contributed by atoms with Gasteiger partial charge < -0.3 is 15.0 Å². The van der Waals surface area contributed by atoms with Crippen molar-refractivity contribution in [3.8, 4) is 5.75 Å². The maximum absolute atomic E-state index is 12.4. The Balaban J connectivity index is 1.34. The number of ether oxygens (including phenoxy) is 1. The molecule has 1 aliphatic carbocycles. The van der Waals surface area contributed by atoms with E-state index in [1.807, 2.05) is 18.2 Å². The van der Waals surface area contributed by atoms with E-state index in [2.05, 4.69) is 33.5 Å². The van der Waals surface area contributed by atoms with E-state index in [9.17, 15) is 4.79 Å². The van der Waals surface area contributed by atoms with Crippen LogP contribution in [0.4, 0.5) is 0 Å². The second kappa shape index (κ2) is 7.82. The van der Waals surface area contributed by atoms with Crippen molar-refractivity contribution in [1.82, 2.24) is 15.3 Å². The highest BCUT2D eigenvalue weighted by molar-refractivity contribution is 5.97. The second-order valence-corrected chi connectivity index (χ2v) is 7.15. The highest BCUT2D eigenvalue weighted by Crippen LogP contribution is 2.40. The molecule has 2 N–H and O–H groups in total. The van der Waals surface area contributed by atoms with Gasteiger partial charge in [-0.1, -0.05) is 12.1 Å². The number of aromatic amines is 1. The van der Waals surface area contributed by atoms with Gasteiger partial charge in [-0.25, -0.2) is 4.98 Å². The SMILES string of the molecule is COc1cccc2c1[C@@H](CCCNC(=O)c1ccc3nc[nH]c3c1)CCC2. The fourth-order valence-electron chi connectivity index (χ4n) is 4.15. The van der Waals surface area contributed by atoms with Crippen LogP contribution in [-0.4, -0.2) is 29.5 Å². The lowest BCUT2D eigenvalue weighted by molar-refractivity contribution is 0.0953. The van der Waals surface area contributed by atoms with Crippen molar-refractivity contribution in [3.63, 3.8) is 0 Å². The predicted octanol–water partition coefficient (Wildman–Crippen LogP) is 4.20. The van der Waals surface area contributed by atoms with Gasteiger partial charge in [-0.3, -0.25) is 4.79 Å². The minimum Gasteiger partial charge on any atom is -0.496 e. The molecule has 0 aliphatic heterocycles. The summed E-state index contributed by atoms with van der Waals surface area (Å²) in [6.45, 7) is 0.681. The first-order chi connectivity index (χ1) is 13.3. The van der Waals surface area contributed by atoms with Crippen molar-refractivity contribution in [3.05, 3.63) is 59.4 Å². The highest BCUT2D eigenvalue weighted by Gasteiger charge is 2.23. The fourth-order valence-corrected chi connectivity index (χ4v) is 4.15. The number of hydrogen-bond donors (Lipinski definition) is 2. The van der Waals surface area contributed by atoms with Crippen LogP contribution in [0.2, 0.25) is 0 Å². The van der Waals surface area contributed by atoms with Gasteiger partial charge in [-0.2, -0.15) is 0 Å². The summed E-state index contributed by atoms with van der Waals surface area (Å²) in [5, 5.41) is 3.04. The van der Waals surface area contributed by atoms with Crippen LogP contribution in [0, 0.1) is 0 Å². The molecule has 0 spiro atoms. The number of hydrogen-bond acceptors (Lipinski definition) is 3. The third kappa shape index (κ3) is 3.68. The molecule has 2 aromatic carbocycles. The molecular weight excluding hydrogens is 338 g/mol. The first-order valence-corrected chi connectivity index (χ1v) is 9.63. The van der Waals surface area contributed by atoms with Crippen molar-refractivity contribution < 1.29 is 9.53 Å². The predicted molar refractivity (Wildman–Crippen MR) is 106 cm³/mol. The highest BCUT2D eigenvalue weighted by atomic mass is 16.5. The van der Waals surface area contributed by atoms with Gasteiger partial charge in [0.2, 0.25) is 0 Å². The lowest BCUT2D eigenvalue weighted by atomic mass is 9.80. The molecule has 5 nitrogen and oxygen atoms in total. The molecule has 1 heterocycles. The molecule has 140 valence electrons. The number of aromatic nitrogens is 2. The zero-order valence-corrected chi connectivity index (χ0v) is 15.6. The Morgan fingerprint density at radius 3 is 3.15 bits per heavy atom. The number of carbonyl (C=O) groups excluding carboxylic acids is 1. The third-order valence-electron chi connectivity index (χ3n) is 5.48. The maximum Gasteiger partial charge on any atom is 0.251 e. The van der Waals surface area contributed by atoms with E-state index >= 15 is 0 Å². The molecule has 0 radical (unpaired) electrons. The van der Waals surface area contributed by atoms with Crippen molar-refractivity contribution in [2.75, 3.05) is 13.7 Å². The van der Waals surface area contributed by atoms with Crippen LogP contribution in [0.15, 0.2) is 42.7 Å². The number of aryl methyl sites for hydroxylation is 1. The first-order valence-electron chi connectivity index (χ1n) is 9.63. The lowest BCUT2D eigenvalue weighted by Crippen LogP contribution is -2.25. The molecular formula is C22H25N3O2. The van der Waals surface area contributed by atoms with Crippen molar-refractivity contribution in [2.24, 2.45) is 0 Å². The van der Waals surface area contributed by atoms with E-state index in [0.29, 0.717) is 18.0 Å². The molecule has 0 saturated heterocycles. The summed E-state index contributed by atoms with van der Waals surface area (Å²) < 4.78 is 5.60. The molecule has 0 saturated carbocycles. The molecule has 3 aromatic rings. The maximum atomic E-state index is 12.4. The monoisotopic (exact) mass is 363 g/mol. The Labute approximate surface area is 159 Å². The Morgan fingerprint density at radius 1 is 1.33 bits per heavy atom. The summed E-state index contributed by atoms with van der Waals surface area (Å²) in [6, 6.07) is 11.9. The van der Waals surface area contributed by atoms with E-state index in [-0.39, 0.29) is 5.91 Å². The van der Waals surface area contributed by atoms with Crippen LogP contribution in [0.1, 0.15) is 53.1 Å². The molecule has 0 bridgehead atoms. The Morgan fingerprint density at radius 2 is 2.26 bits per heavy atom. The minimum absolute atomic E-state index is 0.0341. The van der Waals surface area contributed by atoms with Crippen molar-refractivity contribution in [2.45, 2.75) is 38.0 Å². The number of nitrogens with zero attached hydrogens (tertiary/aromatic N) is 1. The van der Waals surface area contributed by atoms with Gasteiger partial charge in [-0.05, 0) is 67.9 Å². The number of amides is 1. The summed E-state index contributed by atoms with van der Waals surface area (Å²) in [7, 11) is 1.75. The zero-order chi connectivity index (χ0) is 18.6. The van der Waals surface area contributed by atoms with Crippen LogP contribution in [0.5, 0.6) is 5.75 Å². The van der Waals surface area contributed by atoms with E-state index < -0.39 is 0 Å². The van der Waals surface area contributed by atoms with E-state index in [0.717, 1.165) is 36.0 Å². The van der Waals surface area contributed by atoms with Gasteiger partial charge >= 0.3 is 0 Å². The van der Waals surface area contributed by atoms with Gasteiger partial charge in [0, 0.05) is 17.7 Å². The van der Waals surface area contributed by atoms with Crippen molar-refractivity contribution >= 4 is 16.9 Å². The number of benzene rings is 2. The smallest absolute Gasteiger partial charge is 0.251 e. The van der Waals surface area contributed by atoms with Crippen LogP contribution < -0.4 is 10.1 Å². The van der Waals surface area contributed by atoms with E-state index in [1.165, 1.54) is 24.0 Å². The summed E-state index contributed by atoms with van der Waals surface area (Å²) in [5.74, 6) is 1.49. The van der Waals surface area contributed by atoms with Crippen LogP contribution in [0.3, 0.4) is 0 Å². The molecule has 1 amide bonds.